The maximum atomic E-state index is 12.9. The van der Waals surface area contributed by atoms with Crippen LogP contribution in [0.2, 0.25) is 0 Å². The second-order valence-corrected chi connectivity index (χ2v) is 7.86. The number of hydrogen-bond acceptors (Lipinski definition) is 7. The van der Waals surface area contributed by atoms with Crippen LogP contribution in [0.25, 0.3) is 26.0 Å². The second-order valence-electron chi connectivity index (χ2n) is 6.03. The van der Waals surface area contributed by atoms with Crippen molar-refractivity contribution in [2.24, 2.45) is 0 Å². The molecule has 0 saturated heterocycles. The minimum absolute atomic E-state index is 0.134. The second kappa shape index (κ2) is 5.03. The van der Waals surface area contributed by atoms with E-state index in [4.69, 9.17) is 0 Å². The summed E-state index contributed by atoms with van der Waals surface area (Å²) in [6.07, 6.45) is 0. The molecule has 26 heavy (non-hydrogen) atoms. The predicted octanol–water partition coefficient (Wildman–Crippen LogP) is 4.13. The highest BCUT2D eigenvalue weighted by atomic mass is 32.1. The standard InChI is InChI=1S/C18H11NO5S2/c20-7-5-10(21)12(11(22)6-7)13-15(23)14(16(13)24)19-8-1-3-25-17(8)18-9(19)2-4-26-18/h1-6,14,20-23H. The molecule has 0 spiro atoms. The molecule has 130 valence electrons. The molecule has 6 nitrogen and oxygen atoms in total. The molecule has 4 aromatic rings. The van der Waals surface area contributed by atoms with Crippen LogP contribution in [0.4, 0.5) is 0 Å². The summed E-state index contributed by atoms with van der Waals surface area (Å²) in [6.45, 7) is 0. The Morgan fingerprint density at radius 1 is 0.885 bits per heavy atom. The maximum absolute atomic E-state index is 12.9. The highest BCUT2D eigenvalue weighted by Gasteiger charge is 2.45. The van der Waals surface area contributed by atoms with E-state index in [1.807, 2.05) is 22.9 Å². The van der Waals surface area contributed by atoms with E-state index in [1.54, 1.807) is 27.2 Å². The summed E-state index contributed by atoms with van der Waals surface area (Å²) in [5, 5.41) is 44.0. The van der Waals surface area contributed by atoms with E-state index in [-0.39, 0.29) is 22.6 Å². The Morgan fingerprint density at radius 3 is 1.92 bits per heavy atom. The molecule has 3 aromatic heterocycles. The first-order chi connectivity index (χ1) is 12.5. The fourth-order valence-electron chi connectivity index (χ4n) is 3.52. The minimum Gasteiger partial charge on any atom is -0.509 e. The topological polar surface area (TPSA) is 103 Å². The lowest BCUT2D eigenvalue weighted by Crippen LogP contribution is -2.32. The Hall–Kier alpha value is -2.97. The highest BCUT2D eigenvalue weighted by molar-refractivity contribution is 7.25. The normalized spacial score (nSPS) is 17.4. The molecule has 3 heterocycles. The number of fused-ring (bicyclic) bond motifs is 3. The zero-order chi connectivity index (χ0) is 18.2. The molecule has 0 amide bonds. The van der Waals surface area contributed by atoms with Gasteiger partial charge in [-0.15, -0.1) is 22.7 Å². The van der Waals surface area contributed by atoms with Gasteiger partial charge in [0.05, 0.1) is 31.6 Å². The first-order valence-corrected chi connectivity index (χ1v) is 9.42. The number of nitrogens with zero attached hydrogens (tertiary/aromatic N) is 1. The predicted molar refractivity (Wildman–Crippen MR) is 100 cm³/mol. The molecule has 4 N–H and O–H groups in total. The molecule has 1 aromatic carbocycles. The van der Waals surface area contributed by atoms with Crippen LogP contribution in [-0.2, 0) is 4.79 Å². The monoisotopic (exact) mass is 385 g/mol. The highest BCUT2D eigenvalue weighted by Crippen LogP contribution is 2.50. The summed E-state index contributed by atoms with van der Waals surface area (Å²) in [6, 6.07) is 4.93. The van der Waals surface area contributed by atoms with Gasteiger partial charge in [0.2, 0.25) is 0 Å². The molecule has 0 aliphatic heterocycles. The molecule has 1 atom stereocenters. The van der Waals surface area contributed by atoms with Crippen LogP contribution < -0.4 is 0 Å². The Morgan fingerprint density at radius 2 is 1.42 bits per heavy atom. The van der Waals surface area contributed by atoms with Crippen molar-refractivity contribution in [3.05, 3.63) is 46.3 Å². The number of aromatic hydroxyl groups is 3. The van der Waals surface area contributed by atoms with E-state index in [0.29, 0.717) is 0 Å². The van der Waals surface area contributed by atoms with Gasteiger partial charge in [-0.3, -0.25) is 4.79 Å². The molecule has 0 bridgehead atoms. The van der Waals surface area contributed by atoms with Crippen LogP contribution in [0, 0.1) is 0 Å². The summed E-state index contributed by atoms with van der Waals surface area (Å²) in [7, 11) is 0. The van der Waals surface area contributed by atoms with E-state index < -0.39 is 23.3 Å². The number of allylic oxidation sites excluding steroid dienone is 2. The number of phenolic OH excluding ortho intramolecular Hbond substituents is 3. The van der Waals surface area contributed by atoms with Gasteiger partial charge >= 0.3 is 0 Å². The van der Waals surface area contributed by atoms with Crippen molar-refractivity contribution in [3.8, 4) is 17.2 Å². The average Bonchev–Trinajstić information content (AvgIpc) is 3.27. The van der Waals surface area contributed by atoms with Crippen molar-refractivity contribution < 1.29 is 25.2 Å². The number of hydrogen-bond donors (Lipinski definition) is 4. The van der Waals surface area contributed by atoms with E-state index in [9.17, 15) is 25.2 Å². The van der Waals surface area contributed by atoms with Crippen LogP contribution in [0.1, 0.15) is 11.6 Å². The Labute approximate surface area is 154 Å². The molecule has 0 fully saturated rings. The molecular weight excluding hydrogens is 374 g/mol. The molecular formula is C18H11NO5S2. The van der Waals surface area contributed by atoms with Crippen molar-refractivity contribution >= 4 is 54.5 Å². The van der Waals surface area contributed by atoms with Gasteiger partial charge < -0.3 is 25.0 Å². The smallest absolute Gasteiger partial charge is 0.197 e. The lowest BCUT2D eigenvalue weighted by molar-refractivity contribution is -0.118. The number of benzene rings is 1. The number of aromatic nitrogens is 1. The maximum Gasteiger partial charge on any atom is 0.197 e. The van der Waals surface area contributed by atoms with E-state index in [0.717, 1.165) is 32.6 Å². The third kappa shape index (κ3) is 1.77. The summed E-state index contributed by atoms with van der Waals surface area (Å²) < 4.78 is 3.90. The molecule has 5 rings (SSSR count). The lowest BCUT2D eigenvalue weighted by Gasteiger charge is -2.30. The van der Waals surface area contributed by atoms with Crippen LogP contribution in [0.15, 0.2) is 40.8 Å². The van der Waals surface area contributed by atoms with Crippen molar-refractivity contribution in [3.63, 3.8) is 0 Å². The number of aliphatic hydroxyl groups is 1. The Balaban J connectivity index is 1.73. The summed E-state index contributed by atoms with van der Waals surface area (Å²) in [4.78, 5) is 12.9. The van der Waals surface area contributed by atoms with Crippen molar-refractivity contribution in [2.45, 2.75) is 6.04 Å². The van der Waals surface area contributed by atoms with Crippen molar-refractivity contribution in [1.82, 2.24) is 4.57 Å². The Bertz CT molecular complexity index is 1190. The molecule has 1 unspecified atom stereocenters. The number of carbonyl (C=O) groups excluding carboxylic acids is 1. The van der Waals surface area contributed by atoms with Gasteiger partial charge in [0, 0.05) is 12.1 Å². The Kier molecular flexibility index (Phi) is 2.96. The third-order valence-corrected chi connectivity index (χ3v) is 6.59. The van der Waals surface area contributed by atoms with E-state index >= 15 is 0 Å². The largest absolute Gasteiger partial charge is 0.509 e. The fourth-order valence-corrected chi connectivity index (χ4v) is 5.47. The third-order valence-electron chi connectivity index (χ3n) is 4.61. The number of aliphatic hydroxyl groups excluding tert-OH is 1. The number of Topliss-reactive ketones (excluding diaryl/α,β-unsaturated/α-hetero) is 1. The van der Waals surface area contributed by atoms with Crippen LogP contribution in [0.5, 0.6) is 17.2 Å². The quantitative estimate of drug-likeness (QED) is 0.415. The SMILES string of the molecule is O=C1C(c2c(O)cc(O)cc2O)=C(O)C1n1c2ccsc2c2sccc21. The zero-order valence-corrected chi connectivity index (χ0v) is 14.6. The number of thiophene rings is 2. The number of ketones is 1. The first-order valence-electron chi connectivity index (χ1n) is 7.66. The van der Waals surface area contributed by atoms with E-state index in [2.05, 4.69) is 0 Å². The van der Waals surface area contributed by atoms with Gasteiger partial charge in [-0.1, -0.05) is 0 Å². The zero-order valence-electron chi connectivity index (χ0n) is 13.0. The van der Waals surface area contributed by atoms with Gasteiger partial charge in [0.25, 0.3) is 0 Å². The molecule has 8 heteroatoms. The first kappa shape index (κ1) is 15.3. The van der Waals surface area contributed by atoms with E-state index in [1.165, 1.54) is 0 Å². The van der Waals surface area contributed by atoms with Crippen molar-refractivity contribution in [2.75, 3.05) is 0 Å². The van der Waals surface area contributed by atoms with Crippen LogP contribution in [0.3, 0.4) is 0 Å². The summed E-state index contributed by atoms with van der Waals surface area (Å²) in [5.41, 5.74) is 1.42. The van der Waals surface area contributed by atoms with Crippen LogP contribution >= 0.6 is 22.7 Å². The summed E-state index contributed by atoms with van der Waals surface area (Å²) >= 11 is 3.15. The number of carbonyl (C=O) groups is 1. The van der Waals surface area contributed by atoms with Gasteiger partial charge in [0.15, 0.2) is 11.8 Å². The minimum atomic E-state index is -0.901. The number of phenols is 3. The molecule has 0 saturated carbocycles. The van der Waals surface area contributed by atoms with Gasteiger partial charge in [-0.25, -0.2) is 0 Å². The summed E-state index contributed by atoms with van der Waals surface area (Å²) in [5.74, 6) is -1.90. The lowest BCUT2D eigenvalue weighted by atomic mass is 9.82. The molecule has 0 radical (unpaired) electrons. The van der Waals surface area contributed by atoms with Crippen molar-refractivity contribution in [1.29, 1.82) is 0 Å². The van der Waals surface area contributed by atoms with Crippen LogP contribution in [-0.4, -0.2) is 30.8 Å². The molecule has 1 aliphatic carbocycles. The van der Waals surface area contributed by atoms with Gasteiger partial charge in [-0.2, -0.15) is 0 Å². The average molecular weight is 385 g/mol. The number of rotatable bonds is 2. The fraction of sp³-hybridized carbons (Fsp3) is 0.0556. The van der Waals surface area contributed by atoms with Gasteiger partial charge in [-0.05, 0) is 22.9 Å². The molecule has 1 aliphatic rings. The van der Waals surface area contributed by atoms with Gasteiger partial charge in [0.1, 0.15) is 23.0 Å².